The average molecular weight is 423 g/mol. The third-order valence-electron chi connectivity index (χ3n) is 4.78. The Morgan fingerprint density at radius 3 is 2.86 bits per heavy atom. The van der Waals surface area contributed by atoms with Gasteiger partial charge in [-0.05, 0) is 29.7 Å². The molecular weight excluding hydrogens is 400 g/mol. The first-order valence-electron chi connectivity index (χ1n) is 9.44. The van der Waals surface area contributed by atoms with Gasteiger partial charge in [0.15, 0.2) is 0 Å². The van der Waals surface area contributed by atoms with E-state index >= 15 is 0 Å². The molecule has 0 bridgehead atoms. The van der Waals surface area contributed by atoms with Gasteiger partial charge in [0.25, 0.3) is 0 Å². The van der Waals surface area contributed by atoms with Gasteiger partial charge in [-0.15, -0.1) is 5.10 Å². The van der Waals surface area contributed by atoms with Crippen molar-refractivity contribution in [3.63, 3.8) is 0 Å². The SMILES string of the molecule is O=C1CC[C@H](/C=C/[C@@H](O)C(F)(F)c2ccccc2)N1CCCCSc1nnn[nH]1. The molecule has 0 radical (unpaired) electrons. The number of aliphatic hydroxyl groups excluding tert-OH is 1. The highest BCUT2D eigenvalue weighted by Gasteiger charge is 2.39. The summed E-state index contributed by atoms with van der Waals surface area (Å²) in [5.41, 5.74) is -0.240. The van der Waals surface area contributed by atoms with Gasteiger partial charge >= 0.3 is 5.92 Å². The molecule has 1 aliphatic rings. The van der Waals surface area contributed by atoms with E-state index in [1.54, 1.807) is 11.0 Å². The summed E-state index contributed by atoms with van der Waals surface area (Å²) < 4.78 is 28.8. The predicted octanol–water partition coefficient (Wildman–Crippen LogP) is 2.77. The molecule has 1 saturated heterocycles. The Morgan fingerprint density at radius 2 is 2.14 bits per heavy atom. The van der Waals surface area contributed by atoms with Crippen molar-refractivity contribution in [2.24, 2.45) is 0 Å². The molecule has 2 aromatic rings. The highest BCUT2D eigenvalue weighted by atomic mass is 32.2. The number of aromatic amines is 1. The smallest absolute Gasteiger partial charge is 0.302 e. The number of aliphatic hydroxyl groups is 1. The van der Waals surface area contributed by atoms with Crippen molar-refractivity contribution >= 4 is 17.7 Å². The molecule has 156 valence electrons. The van der Waals surface area contributed by atoms with E-state index in [4.69, 9.17) is 0 Å². The normalized spacial score (nSPS) is 18.7. The summed E-state index contributed by atoms with van der Waals surface area (Å²) in [7, 11) is 0. The van der Waals surface area contributed by atoms with Gasteiger partial charge in [0.05, 0.1) is 6.04 Å². The Morgan fingerprint density at radius 1 is 1.34 bits per heavy atom. The minimum Gasteiger partial charge on any atom is -0.382 e. The van der Waals surface area contributed by atoms with Gasteiger partial charge in [0.2, 0.25) is 11.1 Å². The Labute approximate surface area is 171 Å². The monoisotopic (exact) mass is 423 g/mol. The maximum Gasteiger partial charge on any atom is 0.302 e. The lowest BCUT2D eigenvalue weighted by Crippen LogP contribution is -2.34. The molecule has 0 spiro atoms. The van der Waals surface area contributed by atoms with Crippen molar-refractivity contribution in [2.45, 2.75) is 48.9 Å². The second kappa shape index (κ2) is 9.93. The minimum absolute atomic E-state index is 0.0102. The molecule has 1 aromatic heterocycles. The largest absolute Gasteiger partial charge is 0.382 e. The van der Waals surface area contributed by atoms with E-state index in [2.05, 4.69) is 20.6 Å². The Bertz CT molecular complexity index is 804. The fourth-order valence-electron chi connectivity index (χ4n) is 3.20. The van der Waals surface area contributed by atoms with Crippen molar-refractivity contribution in [1.29, 1.82) is 0 Å². The van der Waals surface area contributed by atoms with Crippen LogP contribution in [0.15, 0.2) is 47.6 Å². The summed E-state index contributed by atoms with van der Waals surface area (Å²) in [5, 5.41) is 24.1. The van der Waals surface area contributed by atoms with Crippen LogP contribution in [-0.4, -0.2) is 61.0 Å². The minimum atomic E-state index is -3.39. The molecule has 0 aliphatic carbocycles. The Kier molecular flexibility index (Phi) is 7.32. The summed E-state index contributed by atoms with van der Waals surface area (Å²) in [6.45, 7) is 0.550. The standard InChI is InChI=1S/C19H23F2N5O2S/c20-19(21,14-6-2-1-3-7-14)16(27)10-8-15-9-11-17(28)26(15)12-4-5-13-29-18-22-24-25-23-18/h1-3,6-8,10,15-16,27H,4-5,9,11-13H2,(H,22,23,24,25)/b10-8+/t15-,16+/m0/s1. The second-order valence-corrected chi connectivity index (χ2v) is 7.86. The third-order valence-corrected chi connectivity index (χ3v) is 5.72. The number of unbranched alkanes of at least 4 members (excludes halogenated alkanes) is 1. The van der Waals surface area contributed by atoms with Gasteiger partial charge in [-0.1, -0.05) is 54.2 Å². The number of halogens is 2. The van der Waals surface area contributed by atoms with E-state index in [1.807, 2.05) is 0 Å². The van der Waals surface area contributed by atoms with Gasteiger partial charge < -0.3 is 10.0 Å². The van der Waals surface area contributed by atoms with Crippen LogP contribution in [0.4, 0.5) is 8.78 Å². The van der Waals surface area contributed by atoms with Crippen LogP contribution in [0.1, 0.15) is 31.2 Å². The van der Waals surface area contributed by atoms with Gasteiger partial charge in [-0.2, -0.15) is 8.78 Å². The zero-order valence-corrected chi connectivity index (χ0v) is 16.6. The van der Waals surface area contributed by atoms with Crippen LogP contribution >= 0.6 is 11.8 Å². The molecule has 0 saturated carbocycles. The van der Waals surface area contributed by atoms with Crippen LogP contribution in [0.25, 0.3) is 0 Å². The lowest BCUT2D eigenvalue weighted by molar-refractivity contribution is -0.128. The number of carbonyl (C=O) groups excluding carboxylic acids is 1. The highest BCUT2D eigenvalue weighted by molar-refractivity contribution is 7.99. The fraction of sp³-hybridized carbons (Fsp3) is 0.474. The van der Waals surface area contributed by atoms with Crippen molar-refractivity contribution in [2.75, 3.05) is 12.3 Å². The quantitative estimate of drug-likeness (QED) is 0.347. The van der Waals surface area contributed by atoms with Crippen LogP contribution in [-0.2, 0) is 10.7 Å². The molecular formula is C19H23F2N5O2S. The Hall–Kier alpha value is -2.33. The molecule has 2 atom stereocenters. The fourth-order valence-corrected chi connectivity index (χ4v) is 3.94. The van der Waals surface area contributed by atoms with Crippen LogP contribution in [0.3, 0.4) is 0 Å². The number of nitrogens with zero attached hydrogens (tertiary/aromatic N) is 4. The van der Waals surface area contributed by atoms with Crippen molar-refractivity contribution in [3.8, 4) is 0 Å². The van der Waals surface area contributed by atoms with E-state index in [-0.39, 0.29) is 17.5 Å². The number of aromatic nitrogens is 4. The van der Waals surface area contributed by atoms with Crippen molar-refractivity contribution in [1.82, 2.24) is 25.5 Å². The summed E-state index contributed by atoms with van der Waals surface area (Å²) in [4.78, 5) is 13.8. The first-order chi connectivity index (χ1) is 14.0. The molecule has 1 aliphatic heterocycles. The highest BCUT2D eigenvalue weighted by Crippen LogP contribution is 2.32. The Balaban J connectivity index is 1.50. The van der Waals surface area contributed by atoms with Crippen LogP contribution in [0, 0.1) is 0 Å². The summed E-state index contributed by atoms with van der Waals surface area (Å²) >= 11 is 1.50. The number of rotatable bonds is 10. The molecule has 2 heterocycles. The first kappa shape index (κ1) is 21.4. The number of carbonyl (C=O) groups is 1. The molecule has 7 nitrogen and oxygen atoms in total. The van der Waals surface area contributed by atoms with E-state index in [9.17, 15) is 18.7 Å². The van der Waals surface area contributed by atoms with E-state index in [1.165, 1.54) is 42.1 Å². The maximum atomic E-state index is 14.4. The second-order valence-electron chi connectivity index (χ2n) is 6.77. The van der Waals surface area contributed by atoms with Gasteiger partial charge in [0.1, 0.15) is 6.10 Å². The number of H-pyrrole nitrogens is 1. The summed E-state index contributed by atoms with van der Waals surface area (Å²) in [6, 6.07) is 6.97. The van der Waals surface area contributed by atoms with E-state index < -0.39 is 12.0 Å². The first-order valence-corrected chi connectivity index (χ1v) is 10.4. The number of hydrogen-bond donors (Lipinski definition) is 2. The van der Waals surface area contributed by atoms with Gasteiger partial charge in [0, 0.05) is 24.3 Å². The molecule has 1 fully saturated rings. The van der Waals surface area contributed by atoms with E-state index in [0.29, 0.717) is 24.5 Å². The molecule has 10 heteroatoms. The lowest BCUT2D eigenvalue weighted by atomic mass is 10.0. The zero-order chi connectivity index (χ0) is 20.7. The number of tetrazole rings is 1. The van der Waals surface area contributed by atoms with Gasteiger partial charge in [-0.3, -0.25) is 4.79 Å². The van der Waals surface area contributed by atoms with Crippen molar-refractivity contribution < 1.29 is 18.7 Å². The number of likely N-dealkylation sites (tertiary alicyclic amines) is 1. The van der Waals surface area contributed by atoms with Crippen LogP contribution < -0.4 is 0 Å². The summed E-state index contributed by atoms with van der Waals surface area (Å²) in [6.07, 6.45) is 3.29. The zero-order valence-electron chi connectivity index (χ0n) is 15.7. The molecule has 3 rings (SSSR count). The predicted molar refractivity (Wildman–Crippen MR) is 104 cm³/mol. The number of nitrogens with one attached hydrogen (secondary N) is 1. The van der Waals surface area contributed by atoms with Crippen LogP contribution in [0.2, 0.25) is 0 Å². The van der Waals surface area contributed by atoms with Crippen LogP contribution in [0.5, 0.6) is 0 Å². The maximum absolute atomic E-state index is 14.4. The number of amides is 1. The average Bonchev–Trinajstić information content (AvgIpc) is 3.37. The third kappa shape index (κ3) is 5.60. The van der Waals surface area contributed by atoms with Gasteiger partial charge in [-0.25, -0.2) is 5.10 Å². The molecule has 1 aromatic carbocycles. The molecule has 0 unspecified atom stereocenters. The topological polar surface area (TPSA) is 95.0 Å². The number of alkyl halides is 2. The van der Waals surface area contributed by atoms with E-state index in [0.717, 1.165) is 24.7 Å². The number of thioether (sulfide) groups is 1. The van der Waals surface area contributed by atoms with Crippen molar-refractivity contribution in [3.05, 3.63) is 48.0 Å². The number of hydrogen-bond acceptors (Lipinski definition) is 6. The number of benzene rings is 1. The lowest BCUT2D eigenvalue weighted by Gasteiger charge is -2.24. The molecule has 2 N–H and O–H groups in total. The molecule has 29 heavy (non-hydrogen) atoms. The molecule has 1 amide bonds. The summed E-state index contributed by atoms with van der Waals surface area (Å²) in [5.74, 6) is -2.57.